The molecule has 246 valence electrons. The first-order chi connectivity index (χ1) is 20.1. The van der Waals surface area contributed by atoms with Gasteiger partial charge in [0, 0.05) is 24.5 Å². The molecule has 1 aromatic rings. The zero-order valence-corrected chi connectivity index (χ0v) is 28.1. The third kappa shape index (κ3) is 10.5. The topological polar surface area (TPSA) is 165 Å². The van der Waals surface area contributed by atoms with Crippen LogP contribution in [0.3, 0.4) is 0 Å². The van der Waals surface area contributed by atoms with E-state index in [1.165, 1.54) is 11.8 Å². The van der Waals surface area contributed by atoms with Crippen LogP contribution in [-0.4, -0.2) is 83.0 Å². The molecule has 0 bridgehead atoms. The van der Waals surface area contributed by atoms with Crippen molar-refractivity contribution in [2.24, 2.45) is 11.3 Å². The van der Waals surface area contributed by atoms with E-state index in [9.17, 15) is 29.1 Å². The van der Waals surface area contributed by atoms with Crippen molar-refractivity contribution in [2.75, 3.05) is 14.1 Å². The predicted octanol–water partition coefficient (Wildman–Crippen LogP) is 3.26. The second-order valence-corrected chi connectivity index (χ2v) is 13.5. The van der Waals surface area contributed by atoms with Crippen molar-refractivity contribution in [1.29, 1.82) is 0 Å². The summed E-state index contributed by atoms with van der Waals surface area (Å²) in [4.78, 5) is 64.7. The Morgan fingerprint density at radius 2 is 1.57 bits per heavy atom. The third-order valence-electron chi connectivity index (χ3n) is 7.94. The molecule has 0 unspecified atom stereocenters. The van der Waals surface area contributed by atoms with Gasteiger partial charge in [0.05, 0.1) is 12.1 Å². The predicted molar refractivity (Wildman–Crippen MR) is 170 cm³/mol. The summed E-state index contributed by atoms with van der Waals surface area (Å²) in [5.74, 6) is -4.00. The minimum absolute atomic E-state index is 0.143. The van der Waals surface area contributed by atoms with Crippen LogP contribution in [0.4, 0.5) is 0 Å². The highest BCUT2D eigenvalue weighted by atomic mass is 16.4. The van der Waals surface area contributed by atoms with E-state index in [-0.39, 0.29) is 29.7 Å². The van der Waals surface area contributed by atoms with Crippen LogP contribution >= 0.6 is 0 Å². The third-order valence-corrected chi connectivity index (χ3v) is 7.94. The Morgan fingerprint density at radius 3 is 2.02 bits per heavy atom. The van der Waals surface area contributed by atoms with Gasteiger partial charge in [0.25, 0.3) is 0 Å². The first kappa shape index (κ1) is 38.3. The highest BCUT2D eigenvalue weighted by Gasteiger charge is 2.41. The average molecular weight is 617 g/mol. The molecule has 0 spiro atoms. The average Bonchev–Trinajstić information content (AvgIpc) is 2.90. The number of rotatable bonds is 15. The van der Waals surface area contributed by atoms with E-state index >= 15 is 0 Å². The maximum Gasteiger partial charge on any atom is 0.326 e. The second kappa shape index (κ2) is 15.8. The van der Waals surface area contributed by atoms with Gasteiger partial charge in [-0.15, -0.1) is 0 Å². The van der Waals surface area contributed by atoms with Gasteiger partial charge >= 0.3 is 11.9 Å². The fourth-order valence-corrected chi connectivity index (χ4v) is 5.14. The summed E-state index contributed by atoms with van der Waals surface area (Å²) in [5.41, 5.74) is 0.967. The van der Waals surface area contributed by atoms with Crippen LogP contribution in [-0.2, 0) is 29.4 Å². The molecule has 1 aromatic carbocycles. The summed E-state index contributed by atoms with van der Waals surface area (Å²) >= 11 is 0. The lowest BCUT2D eigenvalue weighted by Gasteiger charge is -2.40. The quantitative estimate of drug-likeness (QED) is 0.187. The van der Waals surface area contributed by atoms with E-state index in [2.05, 4.69) is 16.0 Å². The van der Waals surface area contributed by atoms with Gasteiger partial charge in [-0.1, -0.05) is 84.4 Å². The Morgan fingerprint density at radius 1 is 0.977 bits per heavy atom. The van der Waals surface area contributed by atoms with Gasteiger partial charge in [-0.3, -0.25) is 19.2 Å². The number of hydrogen-bond acceptors (Lipinski definition) is 6. The van der Waals surface area contributed by atoms with E-state index in [0.717, 1.165) is 11.1 Å². The fourth-order valence-electron chi connectivity index (χ4n) is 5.14. The summed E-state index contributed by atoms with van der Waals surface area (Å²) in [5, 5.41) is 26.8. The molecule has 11 heteroatoms. The Bertz CT molecular complexity index is 1230. The number of nitrogens with one attached hydrogen (secondary N) is 3. The Kier molecular flexibility index (Phi) is 13.8. The van der Waals surface area contributed by atoms with Crippen molar-refractivity contribution in [3.63, 3.8) is 0 Å². The van der Waals surface area contributed by atoms with Crippen LogP contribution < -0.4 is 16.0 Å². The second-order valence-electron chi connectivity index (χ2n) is 13.5. The first-order valence-electron chi connectivity index (χ1n) is 14.9. The van der Waals surface area contributed by atoms with E-state index < -0.39 is 59.3 Å². The molecule has 0 radical (unpaired) electrons. The number of hydrogen-bond donors (Lipinski definition) is 5. The molecule has 0 heterocycles. The van der Waals surface area contributed by atoms with Crippen LogP contribution in [0, 0.1) is 18.3 Å². The van der Waals surface area contributed by atoms with Crippen LogP contribution in [0.2, 0.25) is 0 Å². The zero-order chi connectivity index (χ0) is 34.2. The molecule has 0 aromatic heterocycles. The standard InChI is InChI=1S/C33H52N4O7/c1-19(2)24(18-21(4)28(40)35-23(31(43)44)15-16-25(38)39)37(11)30(42)27(32(5,6)7)36-29(41)26(34-10)33(8,9)22-14-12-13-20(3)17-22/h12-14,17-19,23-24,26-27,34H,15-16H2,1-11H3,(H,35,40)(H,36,41)(H,38,39)(H,43,44)/b21-18+/t23-,24-,26-,27-/m1/s1. The van der Waals surface area contributed by atoms with Crippen molar-refractivity contribution in [2.45, 2.75) is 105 Å². The molecule has 0 fully saturated rings. The fraction of sp³-hybridized carbons (Fsp3) is 0.606. The Labute approximate surface area is 261 Å². The maximum atomic E-state index is 14.0. The number of likely N-dealkylation sites (N-methyl/N-ethyl adjacent to an activating group) is 2. The number of benzene rings is 1. The normalized spacial score (nSPS) is 15.1. The number of carbonyl (C=O) groups is 5. The molecule has 0 aliphatic heterocycles. The van der Waals surface area contributed by atoms with Crippen molar-refractivity contribution < 1.29 is 34.2 Å². The minimum Gasteiger partial charge on any atom is -0.481 e. The molecule has 1 rings (SSSR count). The monoisotopic (exact) mass is 616 g/mol. The smallest absolute Gasteiger partial charge is 0.326 e. The molecule has 0 saturated carbocycles. The number of aliphatic carboxylic acids is 2. The molecule has 5 N–H and O–H groups in total. The molecular formula is C33H52N4O7. The lowest BCUT2D eigenvalue weighted by atomic mass is 9.76. The minimum atomic E-state index is -1.37. The number of carbonyl (C=O) groups excluding carboxylic acids is 3. The van der Waals surface area contributed by atoms with E-state index in [0.29, 0.717) is 0 Å². The van der Waals surface area contributed by atoms with Crippen LogP contribution in [0.15, 0.2) is 35.9 Å². The van der Waals surface area contributed by atoms with Gasteiger partial charge in [0.1, 0.15) is 12.1 Å². The maximum absolute atomic E-state index is 14.0. The van der Waals surface area contributed by atoms with Gasteiger partial charge in [-0.05, 0) is 44.2 Å². The molecule has 4 atom stereocenters. The molecule has 0 saturated heterocycles. The molecule has 11 nitrogen and oxygen atoms in total. The van der Waals surface area contributed by atoms with Crippen LogP contribution in [0.25, 0.3) is 0 Å². The van der Waals surface area contributed by atoms with Gasteiger partial charge < -0.3 is 31.1 Å². The van der Waals surface area contributed by atoms with Crippen molar-refractivity contribution in [3.05, 3.63) is 47.0 Å². The number of nitrogens with zero attached hydrogens (tertiary/aromatic N) is 1. The summed E-state index contributed by atoms with van der Waals surface area (Å²) < 4.78 is 0. The van der Waals surface area contributed by atoms with Gasteiger partial charge in [-0.25, -0.2) is 4.79 Å². The summed E-state index contributed by atoms with van der Waals surface area (Å²) in [6.45, 7) is 16.8. The first-order valence-corrected chi connectivity index (χ1v) is 14.9. The largest absolute Gasteiger partial charge is 0.481 e. The van der Waals surface area contributed by atoms with Crippen LogP contribution in [0.1, 0.15) is 79.4 Å². The highest BCUT2D eigenvalue weighted by molar-refractivity contribution is 5.96. The zero-order valence-electron chi connectivity index (χ0n) is 28.1. The number of amides is 3. The van der Waals surface area contributed by atoms with Gasteiger partial charge in [0.2, 0.25) is 17.7 Å². The Hall–Kier alpha value is -3.73. The van der Waals surface area contributed by atoms with Crippen molar-refractivity contribution in [1.82, 2.24) is 20.9 Å². The van der Waals surface area contributed by atoms with Crippen LogP contribution in [0.5, 0.6) is 0 Å². The Balaban J connectivity index is 3.30. The number of carboxylic acids is 2. The molecule has 3 amide bonds. The van der Waals surface area contributed by atoms with E-state index in [1.54, 1.807) is 20.2 Å². The lowest BCUT2D eigenvalue weighted by Crippen LogP contribution is -2.61. The van der Waals surface area contributed by atoms with Crippen molar-refractivity contribution >= 4 is 29.7 Å². The molecule has 0 aliphatic carbocycles. The van der Waals surface area contributed by atoms with E-state index in [4.69, 9.17) is 5.11 Å². The summed E-state index contributed by atoms with van der Waals surface area (Å²) in [6.07, 6.45) is 0.909. The lowest BCUT2D eigenvalue weighted by molar-refractivity contribution is -0.142. The molecule has 0 aliphatic rings. The SMILES string of the molecule is CN[C@H](C(=O)N[C@H](C(=O)N(C)[C@H](/C=C(\C)C(=O)N[C@H](CCC(=O)O)C(=O)O)C(C)C)C(C)(C)C)C(C)(C)c1cccc(C)c1. The van der Waals surface area contributed by atoms with Gasteiger partial charge in [-0.2, -0.15) is 0 Å². The summed E-state index contributed by atoms with van der Waals surface area (Å²) in [7, 11) is 3.32. The highest BCUT2D eigenvalue weighted by Crippen LogP contribution is 2.29. The van der Waals surface area contributed by atoms with E-state index in [1.807, 2.05) is 79.7 Å². The number of carboxylic acid groups (broad SMARTS) is 2. The molecule has 44 heavy (non-hydrogen) atoms. The number of aryl methyl sites for hydroxylation is 1. The van der Waals surface area contributed by atoms with Gasteiger partial charge in [0.15, 0.2) is 0 Å². The summed E-state index contributed by atoms with van der Waals surface area (Å²) in [6, 6.07) is 4.47. The van der Waals surface area contributed by atoms with Crippen molar-refractivity contribution in [3.8, 4) is 0 Å². The molecular weight excluding hydrogens is 564 g/mol.